The number of methoxy groups -OCH3 is 2. The quantitative estimate of drug-likeness (QED) is 0.727. The zero-order valence-corrected chi connectivity index (χ0v) is 14.1. The van der Waals surface area contributed by atoms with Gasteiger partial charge in [0.2, 0.25) is 0 Å². The Morgan fingerprint density at radius 1 is 1.08 bits per heavy atom. The minimum atomic E-state index is -0.697. The van der Waals surface area contributed by atoms with Gasteiger partial charge in [-0.05, 0) is 30.3 Å². The third kappa shape index (κ3) is 3.66. The molecule has 0 aliphatic rings. The van der Waals surface area contributed by atoms with Crippen molar-refractivity contribution in [3.8, 4) is 17.5 Å². The second kappa shape index (κ2) is 7.43. The highest BCUT2D eigenvalue weighted by atomic mass is 16.6. The number of amides is 2. The summed E-state index contributed by atoms with van der Waals surface area (Å²) in [6.45, 7) is 0. The summed E-state index contributed by atoms with van der Waals surface area (Å²) in [5.74, 6) is -0.157. The van der Waals surface area contributed by atoms with E-state index < -0.39 is 11.8 Å². The van der Waals surface area contributed by atoms with Crippen LogP contribution in [0.3, 0.4) is 0 Å². The van der Waals surface area contributed by atoms with Crippen molar-refractivity contribution < 1.29 is 18.7 Å². The highest BCUT2D eigenvalue weighted by Gasteiger charge is 2.11. The van der Waals surface area contributed by atoms with Gasteiger partial charge >= 0.3 is 17.9 Å². The van der Waals surface area contributed by atoms with Crippen LogP contribution in [0, 0.1) is 0 Å². The molecular weight excluding hydrogens is 340 g/mol. The molecule has 2 amide bonds. The molecule has 0 unspecified atom stereocenters. The summed E-state index contributed by atoms with van der Waals surface area (Å²) >= 11 is 0. The van der Waals surface area contributed by atoms with Crippen molar-refractivity contribution in [1.29, 1.82) is 0 Å². The predicted octanol–water partition coefficient (Wildman–Crippen LogP) is 2.49. The van der Waals surface area contributed by atoms with Crippen molar-refractivity contribution in [2.45, 2.75) is 0 Å². The van der Waals surface area contributed by atoms with E-state index in [1.54, 1.807) is 48.5 Å². The molecule has 3 rings (SSSR count). The Morgan fingerprint density at radius 3 is 2.62 bits per heavy atom. The van der Waals surface area contributed by atoms with Crippen molar-refractivity contribution in [2.75, 3.05) is 24.9 Å². The van der Waals surface area contributed by atoms with Crippen LogP contribution < -0.4 is 25.9 Å². The van der Waals surface area contributed by atoms with E-state index in [4.69, 9.17) is 13.9 Å². The number of carbonyl (C=O) groups is 1. The second-order valence-electron chi connectivity index (χ2n) is 5.08. The molecule has 1 heterocycles. The van der Waals surface area contributed by atoms with Crippen LogP contribution in [0.1, 0.15) is 0 Å². The lowest BCUT2D eigenvalue weighted by Gasteiger charge is -2.11. The van der Waals surface area contributed by atoms with Crippen LogP contribution in [0.15, 0.2) is 57.7 Å². The van der Waals surface area contributed by atoms with Gasteiger partial charge in [-0.3, -0.25) is 0 Å². The number of para-hydroxylation sites is 2. The molecule has 0 bridgehead atoms. The van der Waals surface area contributed by atoms with Crippen LogP contribution in [-0.2, 0) is 0 Å². The molecule has 2 N–H and O–H groups in total. The number of carbonyl (C=O) groups excluding carboxylic acids is 1. The first-order valence-electron chi connectivity index (χ1n) is 7.56. The Balaban J connectivity index is 1.77. The lowest BCUT2D eigenvalue weighted by molar-refractivity contribution is 0.262. The third-order valence-corrected chi connectivity index (χ3v) is 3.41. The van der Waals surface area contributed by atoms with Gasteiger partial charge in [0.05, 0.1) is 25.6 Å². The van der Waals surface area contributed by atoms with Crippen LogP contribution in [0.5, 0.6) is 11.8 Å². The van der Waals surface area contributed by atoms with Gasteiger partial charge < -0.3 is 24.5 Å². The van der Waals surface area contributed by atoms with E-state index in [1.807, 2.05) is 0 Å². The maximum Gasteiger partial charge on any atom is 0.444 e. The Labute approximate surface area is 148 Å². The molecule has 0 fully saturated rings. The van der Waals surface area contributed by atoms with Crippen molar-refractivity contribution in [3.05, 3.63) is 59.1 Å². The number of benzene rings is 2. The van der Waals surface area contributed by atoms with Crippen LogP contribution in [0.4, 0.5) is 16.2 Å². The summed E-state index contributed by atoms with van der Waals surface area (Å²) in [5, 5.41) is 9.26. The number of hydrogen-bond acceptors (Lipinski definition) is 6. The van der Waals surface area contributed by atoms with Crippen molar-refractivity contribution in [3.63, 3.8) is 0 Å². The van der Waals surface area contributed by atoms with E-state index in [0.29, 0.717) is 22.8 Å². The van der Waals surface area contributed by atoms with E-state index in [0.717, 1.165) is 4.68 Å². The Kier molecular flexibility index (Phi) is 4.88. The maximum absolute atomic E-state index is 12.2. The van der Waals surface area contributed by atoms with E-state index >= 15 is 0 Å². The van der Waals surface area contributed by atoms with Gasteiger partial charge in [0.1, 0.15) is 5.75 Å². The maximum atomic E-state index is 12.2. The monoisotopic (exact) mass is 356 g/mol. The molecule has 0 saturated heterocycles. The SMILES string of the molecule is COc1nn(-c2cccc(NC(=O)Nc3ccccc3OC)c2)c(=O)o1. The number of anilines is 2. The molecule has 2 aromatic carbocycles. The average Bonchev–Trinajstić information content (AvgIpc) is 3.03. The highest BCUT2D eigenvalue weighted by molar-refractivity contribution is 6.00. The van der Waals surface area contributed by atoms with Gasteiger partial charge in [-0.15, -0.1) is 0 Å². The largest absolute Gasteiger partial charge is 0.495 e. The van der Waals surface area contributed by atoms with E-state index in [9.17, 15) is 9.59 Å². The summed E-state index contributed by atoms with van der Waals surface area (Å²) in [7, 11) is 2.86. The zero-order chi connectivity index (χ0) is 18.5. The van der Waals surface area contributed by atoms with Gasteiger partial charge in [-0.25, -0.2) is 9.59 Å². The lowest BCUT2D eigenvalue weighted by Crippen LogP contribution is -2.20. The summed E-state index contributed by atoms with van der Waals surface area (Å²) in [6, 6.07) is 13.1. The summed E-state index contributed by atoms with van der Waals surface area (Å²) in [5.41, 5.74) is 1.40. The van der Waals surface area contributed by atoms with Gasteiger partial charge in [0.25, 0.3) is 0 Å². The first-order valence-corrected chi connectivity index (χ1v) is 7.56. The Morgan fingerprint density at radius 2 is 1.88 bits per heavy atom. The molecule has 0 spiro atoms. The fourth-order valence-corrected chi connectivity index (χ4v) is 2.25. The fraction of sp³-hybridized carbons (Fsp3) is 0.118. The van der Waals surface area contributed by atoms with E-state index in [-0.39, 0.29) is 6.08 Å². The van der Waals surface area contributed by atoms with E-state index in [2.05, 4.69) is 15.7 Å². The van der Waals surface area contributed by atoms with Crippen LogP contribution in [-0.4, -0.2) is 30.0 Å². The molecule has 9 nitrogen and oxygen atoms in total. The molecule has 26 heavy (non-hydrogen) atoms. The normalized spacial score (nSPS) is 10.2. The van der Waals surface area contributed by atoms with Crippen molar-refractivity contribution >= 4 is 17.4 Å². The number of nitrogens with one attached hydrogen (secondary N) is 2. The standard InChI is InChI=1S/C17H16N4O5/c1-24-14-9-4-3-8-13(14)19-15(22)18-11-6-5-7-12(10-11)21-17(23)26-16(20-21)25-2/h3-10H,1-2H3,(H2,18,19,22). The van der Waals surface area contributed by atoms with Crippen molar-refractivity contribution in [2.24, 2.45) is 0 Å². The smallest absolute Gasteiger partial charge is 0.444 e. The summed E-state index contributed by atoms with van der Waals surface area (Å²) < 4.78 is 15.8. The fourth-order valence-electron chi connectivity index (χ4n) is 2.25. The lowest BCUT2D eigenvalue weighted by atomic mass is 10.2. The Bertz CT molecular complexity index is 979. The number of rotatable bonds is 5. The molecule has 9 heteroatoms. The molecule has 0 saturated carbocycles. The number of hydrogen-bond donors (Lipinski definition) is 2. The zero-order valence-electron chi connectivity index (χ0n) is 14.1. The van der Waals surface area contributed by atoms with Gasteiger partial charge in [0, 0.05) is 5.69 Å². The van der Waals surface area contributed by atoms with Crippen LogP contribution >= 0.6 is 0 Å². The third-order valence-electron chi connectivity index (χ3n) is 3.41. The minimum absolute atomic E-state index is 0.151. The molecule has 134 valence electrons. The van der Waals surface area contributed by atoms with Gasteiger partial charge in [-0.1, -0.05) is 23.3 Å². The van der Waals surface area contributed by atoms with Crippen LogP contribution in [0.25, 0.3) is 5.69 Å². The molecule has 0 radical (unpaired) electrons. The summed E-state index contributed by atoms with van der Waals surface area (Å²) in [4.78, 5) is 24.0. The molecule has 0 atom stereocenters. The van der Waals surface area contributed by atoms with Crippen molar-refractivity contribution in [1.82, 2.24) is 9.78 Å². The molecule has 0 aliphatic carbocycles. The van der Waals surface area contributed by atoms with E-state index in [1.165, 1.54) is 14.2 Å². The first-order chi connectivity index (χ1) is 12.6. The average molecular weight is 356 g/mol. The highest BCUT2D eigenvalue weighted by Crippen LogP contribution is 2.23. The first kappa shape index (κ1) is 17.1. The van der Waals surface area contributed by atoms with Gasteiger partial charge in [0.15, 0.2) is 0 Å². The molecule has 0 aliphatic heterocycles. The molecular formula is C17H16N4O5. The van der Waals surface area contributed by atoms with Crippen LogP contribution in [0.2, 0.25) is 0 Å². The number of nitrogens with zero attached hydrogens (tertiary/aromatic N) is 2. The number of ether oxygens (including phenoxy) is 2. The molecule has 3 aromatic rings. The number of aromatic nitrogens is 2. The minimum Gasteiger partial charge on any atom is -0.495 e. The predicted molar refractivity (Wildman–Crippen MR) is 94.3 cm³/mol. The topological polar surface area (TPSA) is 108 Å². The Hall–Kier alpha value is -3.75. The number of urea groups is 1. The molecule has 1 aromatic heterocycles. The second-order valence-corrected chi connectivity index (χ2v) is 5.08. The van der Waals surface area contributed by atoms with Gasteiger partial charge in [-0.2, -0.15) is 4.68 Å². The summed E-state index contributed by atoms with van der Waals surface area (Å²) in [6.07, 6.45) is -0.151.